The van der Waals surface area contributed by atoms with E-state index in [-0.39, 0.29) is 17.6 Å². The molecule has 0 saturated carbocycles. The Bertz CT molecular complexity index is 983. The topological polar surface area (TPSA) is 94.8 Å². The first-order valence-electron chi connectivity index (χ1n) is 10.9. The Labute approximate surface area is 164 Å². The number of hydrogen-bond acceptors (Lipinski definition) is 8. The highest BCUT2D eigenvalue weighted by Gasteiger charge is 2.24. The number of rotatable bonds is 4. The number of nitrogen functional groups attached to an aromatic ring is 1. The van der Waals surface area contributed by atoms with E-state index in [1.807, 2.05) is 13.8 Å². The van der Waals surface area contributed by atoms with E-state index in [0.717, 1.165) is 43.0 Å². The molecule has 27 heavy (non-hydrogen) atoms. The quantitative estimate of drug-likeness (QED) is 0.620. The Morgan fingerprint density at radius 3 is 2.67 bits per heavy atom. The lowest BCUT2D eigenvalue weighted by Crippen LogP contribution is -2.39. The highest BCUT2D eigenvalue weighted by atomic mass is 16.6. The number of hydrazine groups is 1. The number of aromatic nitrogens is 2. The van der Waals surface area contributed by atoms with Gasteiger partial charge in [-0.05, 0) is 26.0 Å². The predicted octanol–water partition coefficient (Wildman–Crippen LogP) is 2.20. The van der Waals surface area contributed by atoms with E-state index in [1.54, 1.807) is 6.07 Å². The number of nitrogens with zero attached hydrogens (tertiary/aromatic N) is 3. The predicted molar refractivity (Wildman–Crippen MR) is 103 cm³/mol. The normalized spacial score (nSPS) is 22.9. The summed E-state index contributed by atoms with van der Waals surface area (Å²) < 4.78 is 47.2. The van der Waals surface area contributed by atoms with Gasteiger partial charge in [0.05, 0.1) is 5.48 Å². The lowest BCUT2D eigenvalue weighted by molar-refractivity contribution is 0.159. The Morgan fingerprint density at radius 2 is 1.93 bits per heavy atom. The number of nitrogens with two attached hydrogens (primary N) is 1. The zero-order valence-electron chi connectivity index (χ0n) is 19.3. The van der Waals surface area contributed by atoms with Gasteiger partial charge >= 0.3 is 0 Å². The molecule has 0 amide bonds. The number of ether oxygens (including phenoxy) is 3. The van der Waals surface area contributed by atoms with E-state index in [1.165, 1.54) is 12.1 Å². The van der Waals surface area contributed by atoms with E-state index in [9.17, 15) is 0 Å². The molecule has 0 atom stereocenters. The molecule has 144 valence electrons. The summed E-state index contributed by atoms with van der Waals surface area (Å²) in [6.45, 7) is 0.232. The summed E-state index contributed by atoms with van der Waals surface area (Å²) in [6, 6.07) is 4.73. The average molecular weight is 375 g/mol. The molecule has 0 aliphatic carbocycles. The van der Waals surface area contributed by atoms with Crippen molar-refractivity contribution in [1.29, 1.82) is 0 Å². The summed E-state index contributed by atoms with van der Waals surface area (Å²) in [5.74, 6) is 7.49. The summed E-state index contributed by atoms with van der Waals surface area (Å²) >= 11 is 0. The van der Waals surface area contributed by atoms with Crippen LogP contribution in [-0.4, -0.2) is 42.3 Å². The standard InChI is InChI=1S/C19H25N5O3/c1-12-13(2)21-19(23-20)22-18(12)24-7-5-14(6-8-24)27-15-3-4-16-17(11-15)26-10-9-25-16/h3-4,11,14H,5-10,20H2,1-2H3,(H,21,22,23)/i9D2,10D2. The Morgan fingerprint density at radius 1 is 1.19 bits per heavy atom. The molecule has 0 spiro atoms. The SMILES string of the molecule is [2H]C1([2H])Oc2ccc(OC3CCN(c4nc(NN)nc(C)c4C)CC3)cc2OC1([2H])[2H]. The maximum Gasteiger partial charge on any atom is 0.239 e. The first-order chi connectivity index (χ1) is 14.6. The first kappa shape index (κ1) is 13.4. The van der Waals surface area contributed by atoms with Crippen molar-refractivity contribution in [2.24, 2.45) is 5.84 Å². The number of aryl methyl sites for hydroxylation is 1. The highest BCUT2D eigenvalue weighted by Crippen LogP contribution is 2.34. The molecule has 4 rings (SSSR count). The van der Waals surface area contributed by atoms with E-state index in [4.69, 9.17) is 25.5 Å². The van der Waals surface area contributed by atoms with E-state index in [0.29, 0.717) is 11.7 Å². The molecule has 1 saturated heterocycles. The number of piperidine rings is 1. The van der Waals surface area contributed by atoms with Crippen LogP contribution < -0.4 is 30.4 Å². The summed E-state index contributed by atoms with van der Waals surface area (Å²) in [6.07, 6.45) is 1.51. The number of hydrogen-bond donors (Lipinski definition) is 2. The molecule has 1 aromatic carbocycles. The molecule has 8 nitrogen and oxygen atoms in total. The Kier molecular flexibility index (Phi) is 3.72. The van der Waals surface area contributed by atoms with Gasteiger partial charge in [-0.2, -0.15) is 4.98 Å². The van der Waals surface area contributed by atoms with Gasteiger partial charge in [0.15, 0.2) is 11.5 Å². The first-order valence-corrected chi connectivity index (χ1v) is 8.85. The number of nitrogens with one attached hydrogen (secondary N) is 1. The minimum atomic E-state index is -2.60. The third kappa shape index (κ3) is 3.71. The van der Waals surface area contributed by atoms with Crippen molar-refractivity contribution in [3.05, 3.63) is 29.5 Å². The Balaban J connectivity index is 1.42. The minimum absolute atomic E-state index is 0.0302. The molecule has 1 aromatic heterocycles. The van der Waals surface area contributed by atoms with Crippen LogP contribution >= 0.6 is 0 Å². The molecule has 0 bridgehead atoms. The second-order valence-corrected chi connectivity index (χ2v) is 6.55. The van der Waals surface area contributed by atoms with E-state index >= 15 is 0 Å². The van der Waals surface area contributed by atoms with Crippen LogP contribution in [0.4, 0.5) is 11.8 Å². The molecule has 0 radical (unpaired) electrons. The monoisotopic (exact) mass is 375 g/mol. The van der Waals surface area contributed by atoms with Crippen LogP contribution in [0, 0.1) is 13.8 Å². The van der Waals surface area contributed by atoms with Crippen molar-refractivity contribution in [3.8, 4) is 17.2 Å². The largest absolute Gasteiger partial charge is 0.490 e. The second kappa shape index (κ2) is 7.48. The average Bonchev–Trinajstić information content (AvgIpc) is 2.71. The smallest absolute Gasteiger partial charge is 0.239 e. The third-order valence-electron chi connectivity index (χ3n) is 4.82. The number of anilines is 2. The van der Waals surface area contributed by atoms with Crippen LogP contribution in [0.3, 0.4) is 0 Å². The van der Waals surface area contributed by atoms with Gasteiger partial charge in [-0.3, -0.25) is 5.43 Å². The lowest BCUT2D eigenvalue weighted by Gasteiger charge is -2.34. The molecule has 2 aromatic rings. The van der Waals surface area contributed by atoms with E-state index in [2.05, 4.69) is 20.3 Å². The zero-order chi connectivity index (χ0) is 22.4. The number of fused-ring (bicyclic) bond motifs is 1. The van der Waals surface area contributed by atoms with Crippen LogP contribution in [0.2, 0.25) is 0 Å². The Hall–Kier alpha value is -2.74. The van der Waals surface area contributed by atoms with Crippen LogP contribution in [0.15, 0.2) is 18.2 Å². The molecule has 2 aliphatic heterocycles. The molecule has 0 unspecified atom stereocenters. The molecule has 1 fully saturated rings. The van der Waals surface area contributed by atoms with Gasteiger partial charge in [-0.15, -0.1) is 0 Å². The molecular formula is C19H25N5O3. The van der Waals surface area contributed by atoms with Crippen molar-refractivity contribution >= 4 is 11.8 Å². The summed E-state index contributed by atoms with van der Waals surface area (Å²) in [4.78, 5) is 11.0. The summed E-state index contributed by atoms with van der Waals surface area (Å²) in [5.41, 5.74) is 4.39. The molecule has 2 aliphatic rings. The maximum absolute atomic E-state index is 7.72. The van der Waals surface area contributed by atoms with Crippen molar-refractivity contribution < 1.29 is 19.7 Å². The summed E-state index contributed by atoms with van der Waals surface area (Å²) in [5, 5.41) is 0. The fraction of sp³-hybridized carbons (Fsp3) is 0.474. The molecular weight excluding hydrogens is 346 g/mol. The van der Waals surface area contributed by atoms with E-state index < -0.39 is 13.1 Å². The maximum atomic E-state index is 7.72. The van der Waals surface area contributed by atoms with Gasteiger partial charge < -0.3 is 19.1 Å². The molecule has 3 heterocycles. The molecule has 8 heteroatoms. The van der Waals surface area contributed by atoms with Crippen LogP contribution in [0.5, 0.6) is 17.2 Å². The fourth-order valence-electron chi connectivity index (χ4n) is 3.24. The third-order valence-corrected chi connectivity index (χ3v) is 4.82. The highest BCUT2D eigenvalue weighted by molar-refractivity contribution is 5.52. The van der Waals surface area contributed by atoms with Crippen molar-refractivity contribution in [2.45, 2.75) is 32.8 Å². The van der Waals surface area contributed by atoms with Gasteiger partial charge in [0, 0.05) is 43.3 Å². The minimum Gasteiger partial charge on any atom is -0.490 e. The molecule has 3 N–H and O–H groups in total. The van der Waals surface area contributed by atoms with Gasteiger partial charge in [-0.1, -0.05) is 0 Å². The van der Waals surface area contributed by atoms with Crippen LogP contribution in [-0.2, 0) is 0 Å². The lowest BCUT2D eigenvalue weighted by atomic mass is 10.1. The van der Waals surface area contributed by atoms with Crippen LogP contribution in [0.1, 0.15) is 29.6 Å². The second-order valence-electron chi connectivity index (χ2n) is 6.55. The van der Waals surface area contributed by atoms with Crippen LogP contribution in [0.25, 0.3) is 0 Å². The zero-order valence-corrected chi connectivity index (χ0v) is 15.3. The summed E-state index contributed by atoms with van der Waals surface area (Å²) in [7, 11) is 0. The van der Waals surface area contributed by atoms with Gasteiger partial charge in [-0.25, -0.2) is 10.8 Å². The van der Waals surface area contributed by atoms with Gasteiger partial charge in [0.2, 0.25) is 5.95 Å². The fourth-order valence-corrected chi connectivity index (χ4v) is 3.24. The van der Waals surface area contributed by atoms with Gasteiger partial charge in [0.1, 0.15) is 30.8 Å². The van der Waals surface area contributed by atoms with Crippen molar-refractivity contribution in [3.63, 3.8) is 0 Å². The van der Waals surface area contributed by atoms with Crippen molar-refractivity contribution in [2.75, 3.05) is 36.5 Å². The van der Waals surface area contributed by atoms with Gasteiger partial charge in [0.25, 0.3) is 0 Å². The number of benzene rings is 1. The van der Waals surface area contributed by atoms with Crippen molar-refractivity contribution in [1.82, 2.24) is 9.97 Å².